The lowest BCUT2D eigenvalue weighted by Gasteiger charge is -2.07. The molecule has 0 heterocycles. The Bertz CT molecular complexity index is 483. The highest BCUT2D eigenvalue weighted by Gasteiger charge is 2.04. The molecule has 0 bridgehead atoms. The van der Waals surface area contributed by atoms with Crippen LogP contribution in [-0.4, -0.2) is 23.9 Å². The van der Waals surface area contributed by atoms with Crippen molar-refractivity contribution in [1.82, 2.24) is 5.32 Å². The van der Waals surface area contributed by atoms with Gasteiger partial charge in [0, 0.05) is 6.08 Å². The number of allylic oxidation sites excluding steroid dienone is 1. The van der Waals surface area contributed by atoms with Gasteiger partial charge in [-0.05, 0) is 17.7 Å². The van der Waals surface area contributed by atoms with Gasteiger partial charge in [-0.1, -0.05) is 12.1 Å². The highest BCUT2D eigenvalue weighted by atomic mass is 16.4. The number of carboxylic acid groups (broad SMARTS) is 1. The molecule has 0 aliphatic heterocycles. The van der Waals surface area contributed by atoms with Crippen LogP contribution in [0.3, 0.4) is 0 Å². The minimum absolute atomic E-state index is 0.0915. The van der Waals surface area contributed by atoms with Crippen molar-refractivity contribution in [3.8, 4) is 6.07 Å². The quantitative estimate of drug-likeness (QED) is 0.582. The molecule has 0 fully saturated rings. The van der Waals surface area contributed by atoms with Crippen molar-refractivity contribution >= 4 is 18.0 Å². The summed E-state index contributed by atoms with van der Waals surface area (Å²) in [7, 11) is 0. The third-order valence-corrected chi connectivity index (χ3v) is 2.03. The Hall–Kier alpha value is -2.61. The number of rotatable bonds is 5. The van der Waals surface area contributed by atoms with Crippen LogP contribution in [0.4, 0.5) is 0 Å². The summed E-state index contributed by atoms with van der Waals surface area (Å²) in [6.07, 6.45) is 1.94. The molecule has 2 N–H and O–H groups in total. The molecule has 0 aliphatic rings. The van der Waals surface area contributed by atoms with Gasteiger partial charge >= 0.3 is 5.97 Å². The van der Waals surface area contributed by atoms with Gasteiger partial charge in [-0.25, -0.2) is 4.79 Å². The van der Waals surface area contributed by atoms with Crippen molar-refractivity contribution in [3.63, 3.8) is 0 Å². The molecule has 0 spiro atoms. The molecule has 1 aromatic carbocycles. The van der Waals surface area contributed by atoms with E-state index in [9.17, 15) is 9.59 Å². The number of carbonyl (C=O) groups excluding carboxylic acids is 1. The number of nitriles is 1. The Kier molecular flexibility index (Phi) is 4.45. The van der Waals surface area contributed by atoms with Gasteiger partial charge in [-0.15, -0.1) is 0 Å². The lowest BCUT2D eigenvalue weighted by Crippen LogP contribution is -2.14. The van der Waals surface area contributed by atoms with E-state index < -0.39 is 5.97 Å². The van der Waals surface area contributed by atoms with Crippen LogP contribution in [0.5, 0.6) is 0 Å². The van der Waals surface area contributed by atoms with E-state index in [0.717, 1.165) is 0 Å². The first kappa shape index (κ1) is 12.5. The monoisotopic (exact) mass is 230 g/mol. The second kappa shape index (κ2) is 6.08. The van der Waals surface area contributed by atoms with Crippen LogP contribution in [0.15, 0.2) is 30.3 Å². The van der Waals surface area contributed by atoms with E-state index >= 15 is 0 Å². The maximum absolute atomic E-state index is 10.7. The zero-order chi connectivity index (χ0) is 12.7. The van der Waals surface area contributed by atoms with E-state index in [2.05, 4.69) is 5.32 Å². The second-order valence-corrected chi connectivity index (χ2v) is 3.12. The molecule has 0 unspecified atom stereocenters. The number of aldehydes is 1. The number of carboxylic acids is 1. The lowest BCUT2D eigenvalue weighted by atomic mass is 10.1. The van der Waals surface area contributed by atoms with Crippen LogP contribution in [0.1, 0.15) is 15.9 Å². The molecule has 0 aliphatic carbocycles. The summed E-state index contributed by atoms with van der Waals surface area (Å²) in [6, 6.07) is 7.88. The maximum Gasteiger partial charge on any atom is 0.335 e. The number of benzene rings is 1. The summed E-state index contributed by atoms with van der Waals surface area (Å²) >= 11 is 0. The zero-order valence-corrected chi connectivity index (χ0v) is 8.88. The van der Waals surface area contributed by atoms with E-state index in [-0.39, 0.29) is 12.1 Å². The second-order valence-electron chi connectivity index (χ2n) is 3.12. The molecule has 86 valence electrons. The molecule has 17 heavy (non-hydrogen) atoms. The first-order valence-corrected chi connectivity index (χ1v) is 4.80. The summed E-state index contributed by atoms with van der Waals surface area (Å²) in [6.45, 7) is 0.0915. The molecular formula is C12H10N2O3. The van der Waals surface area contributed by atoms with Gasteiger partial charge in [0.25, 0.3) is 0 Å². The van der Waals surface area contributed by atoms with E-state index in [4.69, 9.17) is 10.4 Å². The maximum atomic E-state index is 10.7. The van der Waals surface area contributed by atoms with E-state index in [1.54, 1.807) is 12.1 Å². The lowest BCUT2D eigenvalue weighted by molar-refractivity contribution is -0.107. The topological polar surface area (TPSA) is 90.2 Å². The Labute approximate surface area is 98.0 Å². The van der Waals surface area contributed by atoms with Gasteiger partial charge in [0.05, 0.1) is 23.9 Å². The summed E-state index contributed by atoms with van der Waals surface area (Å²) < 4.78 is 0. The molecule has 5 heteroatoms. The molecule has 0 atom stereocenters. The predicted octanol–water partition coefficient (Wildman–Crippen LogP) is 1.04. The van der Waals surface area contributed by atoms with Crippen molar-refractivity contribution in [2.45, 2.75) is 0 Å². The fourth-order valence-electron chi connectivity index (χ4n) is 1.24. The Morgan fingerprint density at radius 1 is 1.35 bits per heavy atom. The van der Waals surface area contributed by atoms with Crippen LogP contribution in [0.25, 0.3) is 5.70 Å². The number of nitrogens with zero attached hydrogens (tertiary/aromatic N) is 1. The number of nitrogens with one attached hydrogen (secondary N) is 1. The molecule has 5 nitrogen and oxygen atoms in total. The summed E-state index contributed by atoms with van der Waals surface area (Å²) in [5.74, 6) is -1.01. The average Bonchev–Trinajstić information content (AvgIpc) is 2.34. The van der Waals surface area contributed by atoms with Gasteiger partial charge < -0.3 is 15.2 Å². The standard InChI is InChI=1S/C12H10N2O3/c13-6-5-11(14-7-8-15)9-1-3-10(4-2-9)12(16)17/h1-5,8,14H,7H2,(H,16,17). The number of hydrogen-bond acceptors (Lipinski definition) is 4. The fourth-order valence-corrected chi connectivity index (χ4v) is 1.24. The minimum atomic E-state index is -1.01. The smallest absolute Gasteiger partial charge is 0.335 e. The third kappa shape index (κ3) is 3.47. The van der Waals surface area contributed by atoms with Crippen molar-refractivity contribution < 1.29 is 14.7 Å². The average molecular weight is 230 g/mol. The molecule has 1 aromatic rings. The van der Waals surface area contributed by atoms with Crippen molar-refractivity contribution in [1.29, 1.82) is 5.26 Å². The zero-order valence-electron chi connectivity index (χ0n) is 8.88. The van der Waals surface area contributed by atoms with Crippen molar-refractivity contribution in [2.24, 2.45) is 0 Å². The van der Waals surface area contributed by atoms with Crippen LogP contribution in [0, 0.1) is 11.3 Å². The summed E-state index contributed by atoms with van der Waals surface area (Å²) in [5.41, 5.74) is 1.30. The molecule has 0 aromatic heterocycles. The molecule has 0 amide bonds. The number of hydrogen-bond donors (Lipinski definition) is 2. The Balaban J connectivity index is 2.96. The molecule has 1 rings (SSSR count). The Morgan fingerprint density at radius 3 is 2.41 bits per heavy atom. The van der Waals surface area contributed by atoms with Crippen LogP contribution in [-0.2, 0) is 4.79 Å². The Morgan fingerprint density at radius 2 is 1.94 bits per heavy atom. The normalized spacial score (nSPS) is 10.4. The first-order chi connectivity index (χ1) is 8.19. The van der Waals surface area contributed by atoms with Crippen molar-refractivity contribution in [3.05, 3.63) is 41.5 Å². The van der Waals surface area contributed by atoms with Crippen LogP contribution >= 0.6 is 0 Å². The SMILES string of the molecule is N#CC=C(NCC=O)c1ccc(C(=O)O)cc1. The van der Waals surface area contributed by atoms with Gasteiger partial charge in [0.15, 0.2) is 0 Å². The van der Waals surface area contributed by atoms with Gasteiger partial charge in [-0.3, -0.25) is 0 Å². The molecule has 0 saturated heterocycles. The minimum Gasteiger partial charge on any atom is -0.478 e. The fraction of sp³-hybridized carbons (Fsp3) is 0.0833. The molecular weight excluding hydrogens is 220 g/mol. The van der Waals surface area contributed by atoms with E-state index in [1.165, 1.54) is 18.2 Å². The van der Waals surface area contributed by atoms with Crippen molar-refractivity contribution in [2.75, 3.05) is 6.54 Å². The van der Waals surface area contributed by atoms with Gasteiger partial charge in [0.1, 0.15) is 6.29 Å². The third-order valence-electron chi connectivity index (χ3n) is 2.03. The largest absolute Gasteiger partial charge is 0.478 e. The highest BCUT2D eigenvalue weighted by Crippen LogP contribution is 2.12. The summed E-state index contributed by atoms with van der Waals surface area (Å²) in [4.78, 5) is 20.9. The van der Waals surface area contributed by atoms with Gasteiger partial charge in [0.2, 0.25) is 0 Å². The van der Waals surface area contributed by atoms with Crippen LogP contribution in [0.2, 0.25) is 0 Å². The van der Waals surface area contributed by atoms with E-state index in [0.29, 0.717) is 17.5 Å². The van der Waals surface area contributed by atoms with Gasteiger partial charge in [-0.2, -0.15) is 5.26 Å². The summed E-state index contributed by atoms with van der Waals surface area (Å²) in [5, 5.41) is 20.1. The van der Waals surface area contributed by atoms with Crippen LogP contribution < -0.4 is 5.32 Å². The molecule has 0 radical (unpaired) electrons. The number of carbonyl (C=O) groups is 2. The predicted molar refractivity (Wildman–Crippen MR) is 61.1 cm³/mol. The molecule has 0 saturated carbocycles. The number of aromatic carboxylic acids is 1. The van der Waals surface area contributed by atoms with E-state index in [1.807, 2.05) is 6.07 Å². The highest BCUT2D eigenvalue weighted by molar-refractivity contribution is 5.88. The first-order valence-electron chi connectivity index (χ1n) is 4.80.